The van der Waals surface area contributed by atoms with Gasteiger partial charge in [0.15, 0.2) is 5.78 Å². The smallest absolute Gasteiger partial charge is 0.222 e. The van der Waals surface area contributed by atoms with E-state index in [1.54, 1.807) is 0 Å². The fraction of sp³-hybridized carbons (Fsp3) is 0.913. The minimum atomic E-state index is 0.0112. The highest BCUT2D eigenvalue weighted by Crippen LogP contribution is 2.01. The van der Waals surface area contributed by atoms with Gasteiger partial charge in [-0.3, -0.25) is 9.59 Å². The van der Waals surface area contributed by atoms with Gasteiger partial charge in [0.2, 0.25) is 5.91 Å². The van der Waals surface area contributed by atoms with E-state index < -0.39 is 0 Å². The predicted molar refractivity (Wildman–Crippen MR) is 119 cm³/mol. The van der Waals surface area contributed by atoms with Crippen LogP contribution in [0.5, 0.6) is 0 Å². The highest BCUT2D eigenvalue weighted by molar-refractivity contribution is 5.81. The van der Waals surface area contributed by atoms with Crippen molar-refractivity contribution in [3.8, 4) is 0 Å². The minimum Gasteiger partial charge on any atom is -0.381 e. The van der Waals surface area contributed by atoms with Gasteiger partial charge in [-0.1, -0.05) is 27.7 Å². The topological polar surface area (TPSA) is 83.1 Å². The number of ether oxygens (including phenoxy) is 4. The Kier molecular flexibility index (Phi) is 20.5. The highest BCUT2D eigenvalue weighted by atomic mass is 16.5. The summed E-state index contributed by atoms with van der Waals surface area (Å²) in [7, 11) is 0. The lowest BCUT2D eigenvalue weighted by Crippen LogP contribution is -2.31. The predicted octanol–water partition coefficient (Wildman–Crippen LogP) is 3.39. The molecular weight excluding hydrogens is 386 g/mol. The normalized spacial score (nSPS) is 11.4. The molecule has 0 unspecified atom stereocenters. The van der Waals surface area contributed by atoms with Gasteiger partial charge in [0.25, 0.3) is 0 Å². The zero-order valence-corrected chi connectivity index (χ0v) is 19.7. The van der Waals surface area contributed by atoms with Crippen LogP contribution in [0.1, 0.15) is 66.2 Å². The number of ketones is 1. The van der Waals surface area contributed by atoms with E-state index in [0.29, 0.717) is 33.0 Å². The third kappa shape index (κ3) is 20.3. The van der Waals surface area contributed by atoms with Crippen molar-refractivity contribution in [3.63, 3.8) is 0 Å². The molecule has 0 aromatic carbocycles. The Morgan fingerprint density at radius 3 is 1.57 bits per heavy atom. The second-order valence-corrected chi connectivity index (χ2v) is 8.08. The Morgan fingerprint density at radius 2 is 1.07 bits per heavy atom. The summed E-state index contributed by atoms with van der Waals surface area (Å²) in [6.45, 7) is 13.0. The SMILES string of the molecule is CC(C)C(=O)COCCCCCOCCCCCOCCOCCNC(=O)C(C)C. The van der Waals surface area contributed by atoms with Crippen molar-refractivity contribution in [2.45, 2.75) is 66.2 Å². The molecule has 0 heterocycles. The molecule has 0 saturated carbocycles. The van der Waals surface area contributed by atoms with Crippen molar-refractivity contribution in [2.75, 3.05) is 59.4 Å². The largest absolute Gasteiger partial charge is 0.381 e. The Morgan fingerprint density at radius 1 is 0.600 bits per heavy atom. The molecule has 0 aliphatic rings. The molecule has 0 aromatic heterocycles. The van der Waals surface area contributed by atoms with Crippen LogP contribution < -0.4 is 5.32 Å². The van der Waals surface area contributed by atoms with Crippen molar-refractivity contribution in [3.05, 3.63) is 0 Å². The molecule has 7 nitrogen and oxygen atoms in total. The van der Waals surface area contributed by atoms with Crippen LogP contribution in [0.4, 0.5) is 0 Å². The van der Waals surface area contributed by atoms with Gasteiger partial charge in [-0.2, -0.15) is 0 Å². The van der Waals surface area contributed by atoms with Gasteiger partial charge >= 0.3 is 0 Å². The molecular formula is C23H45NO6. The zero-order valence-electron chi connectivity index (χ0n) is 19.7. The van der Waals surface area contributed by atoms with Crippen LogP contribution in [0, 0.1) is 11.8 Å². The van der Waals surface area contributed by atoms with Gasteiger partial charge in [-0.05, 0) is 38.5 Å². The van der Waals surface area contributed by atoms with E-state index in [9.17, 15) is 9.59 Å². The third-order valence-electron chi connectivity index (χ3n) is 4.48. The fourth-order valence-corrected chi connectivity index (χ4v) is 2.38. The van der Waals surface area contributed by atoms with Gasteiger partial charge in [-0.15, -0.1) is 0 Å². The summed E-state index contributed by atoms with van der Waals surface area (Å²) >= 11 is 0. The first kappa shape index (κ1) is 29.0. The molecule has 1 N–H and O–H groups in total. The van der Waals surface area contributed by atoms with Crippen LogP contribution in [-0.2, 0) is 28.5 Å². The molecule has 178 valence electrons. The quantitative estimate of drug-likeness (QED) is 0.265. The number of rotatable bonds is 22. The summed E-state index contributed by atoms with van der Waals surface area (Å²) in [6, 6.07) is 0. The van der Waals surface area contributed by atoms with Crippen LogP contribution >= 0.6 is 0 Å². The number of hydrogen-bond acceptors (Lipinski definition) is 6. The first-order valence-corrected chi connectivity index (χ1v) is 11.6. The monoisotopic (exact) mass is 431 g/mol. The average molecular weight is 432 g/mol. The maximum Gasteiger partial charge on any atom is 0.222 e. The molecule has 0 saturated heterocycles. The summed E-state index contributed by atoms with van der Waals surface area (Å²) in [4.78, 5) is 22.7. The third-order valence-corrected chi connectivity index (χ3v) is 4.48. The lowest BCUT2D eigenvalue weighted by atomic mass is 10.1. The molecule has 1 amide bonds. The van der Waals surface area contributed by atoms with Crippen LogP contribution in [0.3, 0.4) is 0 Å². The van der Waals surface area contributed by atoms with Gasteiger partial charge < -0.3 is 24.3 Å². The van der Waals surface area contributed by atoms with E-state index in [4.69, 9.17) is 18.9 Å². The van der Waals surface area contributed by atoms with E-state index >= 15 is 0 Å². The second-order valence-electron chi connectivity index (χ2n) is 8.08. The Bertz CT molecular complexity index is 376. The second kappa shape index (κ2) is 21.2. The van der Waals surface area contributed by atoms with Crippen molar-refractivity contribution in [1.82, 2.24) is 5.32 Å². The first-order valence-electron chi connectivity index (χ1n) is 11.6. The van der Waals surface area contributed by atoms with Crippen LogP contribution in [0.25, 0.3) is 0 Å². The first-order chi connectivity index (χ1) is 14.4. The minimum absolute atomic E-state index is 0.0112. The van der Waals surface area contributed by atoms with E-state index in [1.165, 1.54) is 0 Å². The standard InChI is InChI=1S/C23H45NO6/c1-20(2)22(25)19-30-15-10-6-8-13-27-12-7-5-9-14-28-17-18-29-16-11-24-23(26)21(3)4/h20-21H,5-19H2,1-4H3,(H,24,26). The maximum absolute atomic E-state index is 11.4. The molecule has 0 radical (unpaired) electrons. The van der Waals surface area contributed by atoms with Gasteiger partial charge in [0.1, 0.15) is 6.61 Å². The van der Waals surface area contributed by atoms with Crippen LogP contribution in [0.2, 0.25) is 0 Å². The molecule has 30 heavy (non-hydrogen) atoms. The summed E-state index contributed by atoms with van der Waals surface area (Å²) in [5, 5.41) is 2.81. The number of Topliss-reactive ketones (excluding diaryl/α,β-unsaturated/α-hetero) is 1. The molecule has 0 fully saturated rings. The zero-order chi connectivity index (χ0) is 22.5. The molecule has 7 heteroatoms. The van der Waals surface area contributed by atoms with Crippen LogP contribution in [-0.4, -0.2) is 71.1 Å². The number of amides is 1. The lowest BCUT2D eigenvalue weighted by molar-refractivity contribution is -0.126. The summed E-state index contributed by atoms with van der Waals surface area (Å²) in [5.41, 5.74) is 0. The fourth-order valence-electron chi connectivity index (χ4n) is 2.38. The molecule has 0 aromatic rings. The molecule has 0 aliphatic carbocycles. The molecule has 0 atom stereocenters. The molecule has 0 aliphatic heterocycles. The van der Waals surface area contributed by atoms with Crippen molar-refractivity contribution in [2.24, 2.45) is 11.8 Å². The Balaban J connectivity index is 3.11. The molecule has 0 rings (SSSR count). The van der Waals surface area contributed by atoms with Crippen LogP contribution in [0.15, 0.2) is 0 Å². The van der Waals surface area contributed by atoms with Gasteiger partial charge in [0, 0.05) is 44.8 Å². The van der Waals surface area contributed by atoms with Crippen molar-refractivity contribution < 1.29 is 28.5 Å². The Hall–Kier alpha value is -1.02. The number of carbonyl (C=O) groups is 2. The Labute approximate surface area is 183 Å². The average Bonchev–Trinajstić information content (AvgIpc) is 2.71. The number of hydrogen-bond donors (Lipinski definition) is 1. The number of nitrogens with one attached hydrogen (secondary N) is 1. The number of carbonyl (C=O) groups excluding carboxylic acids is 2. The lowest BCUT2D eigenvalue weighted by Gasteiger charge is -2.09. The van der Waals surface area contributed by atoms with Crippen molar-refractivity contribution in [1.29, 1.82) is 0 Å². The van der Waals surface area contributed by atoms with E-state index in [1.807, 2.05) is 27.7 Å². The molecule has 0 spiro atoms. The number of unbranched alkanes of at least 4 members (excludes halogenated alkanes) is 4. The summed E-state index contributed by atoms with van der Waals surface area (Å²) in [6.07, 6.45) is 6.25. The van der Waals surface area contributed by atoms with Crippen molar-refractivity contribution >= 4 is 11.7 Å². The summed E-state index contributed by atoms with van der Waals surface area (Å²) in [5.74, 6) is 0.290. The highest BCUT2D eigenvalue weighted by Gasteiger charge is 2.06. The maximum atomic E-state index is 11.4. The van der Waals surface area contributed by atoms with E-state index in [-0.39, 0.29) is 30.1 Å². The molecule has 0 bridgehead atoms. The van der Waals surface area contributed by atoms with E-state index in [0.717, 1.165) is 58.3 Å². The van der Waals surface area contributed by atoms with Gasteiger partial charge in [-0.25, -0.2) is 0 Å². The van der Waals surface area contributed by atoms with E-state index in [2.05, 4.69) is 5.32 Å². The van der Waals surface area contributed by atoms with Gasteiger partial charge in [0.05, 0.1) is 19.8 Å². The summed E-state index contributed by atoms with van der Waals surface area (Å²) < 4.78 is 22.0.